The van der Waals surface area contributed by atoms with E-state index < -0.39 is 0 Å². The second-order valence-electron chi connectivity index (χ2n) is 4.81. The van der Waals surface area contributed by atoms with Crippen molar-refractivity contribution in [2.75, 3.05) is 24.4 Å². The Morgan fingerprint density at radius 1 is 1.55 bits per heavy atom. The van der Waals surface area contributed by atoms with Gasteiger partial charge >= 0.3 is 6.09 Å². The van der Waals surface area contributed by atoms with Gasteiger partial charge in [0.1, 0.15) is 4.83 Å². The zero-order chi connectivity index (χ0) is 15.9. The van der Waals surface area contributed by atoms with Gasteiger partial charge in [-0.25, -0.2) is 15.6 Å². The molecule has 9 nitrogen and oxygen atoms in total. The number of amides is 1. The summed E-state index contributed by atoms with van der Waals surface area (Å²) in [5.74, 6) is 11.1. The van der Waals surface area contributed by atoms with Crippen LogP contribution in [0.25, 0.3) is 10.2 Å². The number of rotatable bonds is 2. The molecule has 22 heavy (non-hydrogen) atoms. The van der Waals surface area contributed by atoms with Crippen molar-refractivity contribution in [3.63, 3.8) is 0 Å². The number of thiophene rings is 1. The summed E-state index contributed by atoms with van der Waals surface area (Å²) in [4.78, 5) is 31.5. The van der Waals surface area contributed by atoms with Crippen LogP contribution in [-0.4, -0.2) is 33.8 Å². The summed E-state index contributed by atoms with van der Waals surface area (Å²) in [6, 6.07) is 0. The highest BCUT2D eigenvalue weighted by atomic mass is 32.1. The molecule has 0 saturated carbocycles. The predicted octanol–water partition coefficient (Wildman–Crippen LogP) is -0.0280. The van der Waals surface area contributed by atoms with Crippen LogP contribution >= 0.6 is 11.3 Å². The van der Waals surface area contributed by atoms with Crippen LogP contribution in [0.5, 0.6) is 0 Å². The fourth-order valence-electron chi connectivity index (χ4n) is 2.53. The third-order valence-electron chi connectivity index (χ3n) is 3.56. The molecule has 10 heteroatoms. The summed E-state index contributed by atoms with van der Waals surface area (Å²) in [6.07, 6.45) is 0.222. The van der Waals surface area contributed by atoms with E-state index in [9.17, 15) is 9.59 Å². The molecule has 0 spiro atoms. The maximum atomic E-state index is 12.4. The van der Waals surface area contributed by atoms with Crippen LogP contribution in [-0.2, 0) is 17.7 Å². The van der Waals surface area contributed by atoms with Gasteiger partial charge in [0.15, 0.2) is 0 Å². The van der Waals surface area contributed by atoms with E-state index in [0.717, 1.165) is 15.1 Å². The van der Waals surface area contributed by atoms with Crippen LogP contribution in [0.1, 0.15) is 17.4 Å². The second kappa shape index (κ2) is 5.46. The first kappa shape index (κ1) is 14.6. The number of carbonyl (C=O) groups is 1. The van der Waals surface area contributed by atoms with Crippen molar-refractivity contribution < 1.29 is 9.53 Å². The molecule has 1 aliphatic heterocycles. The Labute approximate surface area is 129 Å². The predicted molar refractivity (Wildman–Crippen MR) is 83.0 cm³/mol. The highest BCUT2D eigenvalue weighted by molar-refractivity contribution is 7.18. The van der Waals surface area contributed by atoms with Crippen LogP contribution in [0.15, 0.2) is 4.79 Å². The molecule has 3 rings (SSSR count). The third kappa shape index (κ3) is 2.16. The molecule has 0 aromatic carbocycles. The Morgan fingerprint density at radius 3 is 3.00 bits per heavy atom. The summed E-state index contributed by atoms with van der Waals surface area (Å²) < 4.78 is 5.91. The lowest BCUT2D eigenvalue weighted by Gasteiger charge is -2.25. The molecule has 1 aliphatic rings. The van der Waals surface area contributed by atoms with Crippen molar-refractivity contribution in [1.82, 2.24) is 14.6 Å². The number of hydrogen-bond acceptors (Lipinski definition) is 8. The normalized spacial score (nSPS) is 14.0. The minimum Gasteiger partial charge on any atom is -0.450 e. The molecule has 0 fully saturated rings. The molecule has 0 atom stereocenters. The molecule has 0 aliphatic carbocycles. The minimum absolute atomic E-state index is 0.0957. The molecule has 2 aromatic heterocycles. The number of carbonyl (C=O) groups excluding carboxylic acids is 1. The Balaban J connectivity index is 2.06. The second-order valence-corrected chi connectivity index (χ2v) is 5.89. The first-order chi connectivity index (χ1) is 10.6. The maximum Gasteiger partial charge on any atom is 0.410 e. The Morgan fingerprint density at radius 2 is 2.32 bits per heavy atom. The van der Waals surface area contributed by atoms with Gasteiger partial charge < -0.3 is 15.5 Å². The van der Waals surface area contributed by atoms with Crippen LogP contribution < -0.4 is 22.7 Å². The topological polar surface area (TPSA) is 128 Å². The van der Waals surface area contributed by atoms with E-state index in [2.05, 4.69) is 10.4 Å². The van der Waals surface area contributed by atoms with E-state index >= 15 is 0 Å². The van der Waals surface area contributed by atoms with Crippen molar-refractivity contribution >= 4 is 33.6 Å². The number of nitrogens with two attached hydrogens (primary N) is 2. The van der Waals surface area contributed by atoms with Gasteiger partial charge in [-0.15, -0.1) is 11.3 Å². The molecule has 3 heterocycles. The maximum absolute atomic E-state index is 12.4. The zero-order valence-electron chi connectivity index (χ0n) is 12.0. The number of fused-ring (bicyclic) bond motifs is 3. The first-order valence-corrected chi connectivity index (χ1v) is 7.59. The van der Waals surface area contributed by atoms with Gasteiger partial charge in [0.05, 0.1) is 18.5 Å². The average molecular weight is 324 g/mol. The van der Waals surface area contributed by atoms with Gasteiger partial charge in [-0.1, -0.05) is 0 Å². The number of ether oxygens (including phenoxy) is 1. The Hall–Kier alpha value is -2.33. The monoisotopic (exact) mass is 324 g/mol. The number of hydrogen-bond donors (Lipinski definition) is 3. The molecule has 0 unspecified atom stereocenters. The van der Waals surface area contributed by atoms with Crippen molar-refractivity contribution in [3.8, 4) is 0 Å². The molecular formula is C12H16N6O3S. The number of nitrogen functional groups attached to an aromatic ring is 2. The van der Waals surface area contributed by atoms with Gasteiger partial charge in [-0.05, 0) is 18.9 Å². The van der Waals surface area contributed by atoms with E-state index in [1.54, 1.807) is 11.8 Å². The third-order valence-corrected chi connectivity index (χ3v) is 4.67. The van der Waals surface area contributed by atoms with Gasteiger partial charge in [0.2, 0.25) is 5.95 Å². The zero-order valence-corrected chi connectivity index (χ0v) is 12.8. The molecule has 0 radical (unpaired) electrons. The quantitative estimate of drug-likeness (QED) is 0.522. The number of anilines is 1. The summed E-state index contributed by atoms with van der Waals surface area (Å²) in [5.41, 5.74) is 2.86. The number of nitrogens with one attached hydrogen (secondary N) is 1. The lowest BCUT2D eigenvalue weighted by Crippen LogP contribution is -2.36. The Kier molecular flexibility index (Phi) is 3.62. The average Bonchev–Trinajstić information content (AvgIpc) is 2.88. The standard InChI is InChI=1S/C12H16N6O3S/c1-2-21-12(20)17-4-3-6-7(5-17)22-9-8(6)10(19)18(14)11(15-9)16-13/h2-5,13-14H2,1H3,(H,15,16). The van der Waals surface area contributed by atoms with E-state index in [1.165, 1.54) is 11.3 Å². The summed E-state index contributed by atoms with van der Waals surface area (Å²) in [7, 11) is 0. The smallest absolute Gasteiger partial charge is 0.410 e. The highest BCUT2D eigenvalue weighted by Gasteiger charge is 2.27. The number of hydrazine groups is 1. The van der Waals surface area contributed by atoms with Crippen molar-refractivity contribution in [3.05, 3.63) is 20.8 Å². The largest absolute Gasteiger partial charge is 0.450 e. The highest BCUT2D eigenvalue weighted by Crippen LogP contribution is 2.33. The fraction of sp³-hybridized carbons (Fsp3) is 0.417. The minimum atomic E-state index is -0.348. The van der Waals surface area contributed by atoms with Crippen molar-refractivity contribution in [1.29, 1.82) is 0 Å². The lowest BCUT2D eigenvalue weighted by atomic mass is 10.1. The molecule has 2 aromatic rings. The number of nitrogens with zero attached hydrogens (tertiary/aromatic N) is 3. The van der Waals surface area contributed by atoms with Crippen molar-refractivity contribution in [2.24, 2.45) is 5.84 Å². The van der Waals surface area contributed by atoms with Gasteiger partial charge in [0, 0.05) is 11.4 Å². The molecule has 118 valence electrons. The molecule has 1 amide bonds. The van der Waals surface area contributed by atoms with Gasteiger partial charge in [-0.3, -0.25) is 10.2 Å². The SMILES string of the molecule is CCOC(=O)N1CCc2c(sc3nc(NN)n(N)c(=O)c23)C1. The Bertz CT molecular complexity index is 798. The summed E-state index contributed by atoms with van der Waals surface area (Å²) in [6.45, 7) is 3.00. The summed E-state index contributed by atoms with van der Waals surface area (Å²) >= 11 is 1.37. The van der Waals surface area contributed by atoms with Crippen molar-refractivity contribution in [2.45, 2.75) is 19.9 Å². The van der Waals surface area contributed by atoms with Crippen LogP contribution in [0, 0.1) is 0 Å². The molecular weight excluding hydrogens is 308 g/mol. The summed E-state index contributed by atoms with van der Waals surface area (Å²) in [5, 5.41) is 0.505. The molecule has 5 N–H and O–H groups in total. The van der Waals surface area contributed by atoms with Crippen LogP contribution in [0.3, 0.4) is 0 Å². The first-order valence-electron chi connectivity index (χ1n) is 6.77. The fourth-order valence-corrected chi connectivity index (χ4v) is 3.75. The van der Waals surface area contributed by atoms with E-state index in [4.69, 9.17) is 16.4 Å². The van der Waals surface area contributed by atoms with Gasteiger partial charge in [0.25, 0.3) is 5.56 Å². The van der Waals surface area contributed by atoms with E-state index in [0.29, 0.717) is 36.3 Å². The van der Waals surface area contributed by atoms with E-state index in [1.807, 2.05) is 0 Å². The molecule has 0 saturated heterocycles. The van der Waals surface area contributed by atoms with Gasteiger partial charge in [-0.2, -0.15) is 4.68 Å². The lowest BCUT2D eigenvalue weighted by molar-refractivity contribution is 0.103. The van der Waals surface area contributed by atoms with E-state index in [-0.39, 0.29) is 17.6 Å². The molecule has 0 bridgehead atoms. The van der Waals surface area contributed by atoms with Crippen LogP contribution in [0.4, 0.5) is 10.7 Å². The number of aromatic nitrogens is 2. The van der Waals surface area contributed by atoms with Crippen LogP contribution in [0.2, 0.25) is 0 Å².